The maximum atomic E-state index is 12.9. The summed E-state index contributed by atoms with van der Waals surface area (Å²) in [4.78, 5) is 37.8. The monoisotopic (exact) mass is 413 g/mol. The molecule has 1 amide bonds. The van der Waals surface area contributed by atoms with Crippen molar-refractivity contribution in [2.75, 3.05) is 11.9 Å². The molecule has 1 N–H and O–H groups in total. The van der Waals surface area contributed by atoms with Gasteiger partial charge in [0.25, 0.3) is 11.5 Å². The van der Waals surface area contributed by atoms with E-state index in [2.05, 4.69) is 10.4 Å². The van der Waals surface area contributed by atoms with Crippen LogP contribution in [0.4, 0.5) is 5.69 Å². The SMILES string of the molecule is Cc1ccc(NC(=O)COC(=O)c2nn(-c3ccccc3)c(=O)c3ccccc23)cc1. The molecule has 0 saturated heterocycles. The molecule has 7 nitrogen and oxygen atoms in total. The number of nitrogens with one attached hydrogen (secondary N) is 1. The number of carbonyl (C=O) groups excluding carboxylic acids is 2. The third-order valence-corrected chi connectivity index (χ3v) is 4.67. The van der Waals surface area contributed by atoms with Gasteiger partial charge >= 0.3 is 5.97 Å². The zero-order valence-electron chi connectivity index (χ0n) is 16.7. The molecule has 7 heteroatoms. The number of carbonyl (C=O) groups is 2. The Hall–Kier alpha value is -4.26. The molecule has 4 aromatic rings. The van der Waals surface area contributed by atoms with E-state index < -0.39 is 18.5 Å². The summed E-state index contributed by atoms with van der Waals surface area (Å²) in [7, 11) is 0. The average Bonchev–Trinajstić information content (AvgIpc) is 2.80. The number of hydrogen-bond acceptors (Lipinski definition) is 5. The number of aromatic nitrogens is 2. The van der Waals surface area contributed by atoms with Crippen molar-refractivity contribution in [2.45, 2.75) is 6.92 Å². The Morgan fingerprint density at radius 1 is 0.903 bits per heavy atom. The molecule has 1 aromatic heterocycles. The highest BCUT2D eigenvalue weighted by Crippen LogP contribution is 2.16. The Labute approximate surface area is 177 Å². The molecule has 0 bridgehead atoms. The van der Waals surface area contributed by atoms with Crippen molar-refractivity contribution in [3.63, 3.8) is 0 Å². The summed E-state index contributed by atoms with van der Waals surface area (Å²) >= 11 is 0. The molecule has 0 unspecified atom stereocenters. The second-order valence-electron chi connectivity index (χ2n) is 6.94. The molecule has 4 rings (SSSR count). The van der Waals surface area contributed by atoms with Gasteiger partial charge in [0, 0.05) is 11.1 Å². The van der Waals surface area contributed by atoms with Gasteiger partial charge in [0.05, 0.1) is 11.1 Å². The first-order valence-electron chi connectivity index (χ1n) is 9.64. The van der Waals surface area contributed by atoms with Crippen LogP contribution in [0.25, 0.3) is 16.5 Å². The van der Waals surface area contributed by atoms with E-state index in [0.29, 0.717) is 22.1 Å². The molecule has 154 valence electrons. The van der Waals surface area contributed by atoms with Gasteiger partial charge in [-0.1, -0.05) is 54.1 Å². The number of rotatable bonds is 5. The molecule has 0 saturated carbocycles. The van der Waals surface area contributed by atoms with E-state index in [-0.39, 0.29) is 11.3 Å². The Bertz CT molecular complexity index is 1310. The van der Waals surface area contributed by atoms with Gasteiger partial charge < -0.3 is 10.1 Å². The predicted octanol–water partition coefficient (Wildman–Crippen LogP) is 3.49. The maximum absolute atomic E-state index is 12.9. The number of anilines is 1. The van der Waals surface area contributed by atoms with Crippen LogP contribution in [0, 0.1) is 6.92 Å². The van der Waals surface area contributed by atoms with E-state index in [0.717, 1.165) is 10.2 Å². The van der Waals surface area contributed by atoms with Gasteiger partial charge in [-0.05, 0) is 37.3 Å². The van der Waals surface area contributed by atoms with Gasteiger partial charge in [-0.3, -0.25) is 9.59 Å². The van der Waals surface area contributed by atoms with Crippen LogP contribution in [-0.2, 0) is 9.53 Å². The third-order valence-electron chi connectivity index (χ3n) is 4.67. The number of para-hydroxylation sites is 1. The molecular weight excluding hydrogens is 394 g/mol. The quantitative estimate of drug-likeness (QED) is 0.506. The summed E-state index contributed by atoms with van der Waals surface area (Å²) in [5.41, 5.74) is 1.80. The molecule has 0 aliphatic rings. The Kier molecular flexibility index (Phi) is 5.57. The van der Waals surface area contributed by atoms with Crippen molar-refractivity contribution in [1.29, 1.82) is 0 Å². The van der Waals surface area contributed by atoms with Crippen LogP contribution in [0.15, 0.2) is 83.7 Å². The summed E-state index contributed by atoms with van der Waals surface area (Å²) in [6.07, 6.45) is 0. The van der Waals surface area contributed by atoms with Gasteiger partial charge in [0.2, 0.25) is 0 Å². The third kappa shape index (κ3) is 4.35. The van der Waals surface area contributed by atoms with Crippen LogP contribution in [-0.4, -0.2) is 28.3 Å². The highest BCUT2D eigenvalue weighted by atomic mass is 16.5. The Morgan fingerprint density at radius 3 is 2.26 bits per heavy atom. The summed E-state index contributed by atoms with van der Waals surface area (Å²) < 4.78 is 6.35. The molecule has 0 aliphatic carbocycles. The van der Waals surface area contributed by atoms with Crippen molar-refractivity contribution in [2.24, 2.45) is 0 Å². The lowest BCUT2D eigenvalue weighted by atomic mass is 10.1. The first kappa shape index (κ1) is 20.0. The fraction of sp³-hybridized carbons (Fsp3) is 0.0833. The molecule has 0 radical (unpaired) electrons. The van der Waals surface area contributed by atoms with E-state index in [9.17, 15) is 14.4 Å². The lowest BCUT2D eigenvalue weighted by Gasteiger charge is -2.11. The van der Waals surface area contributed by atoms with Crippen LogP contribution in [0.5, 0.6) is 0 Å². The minimum atomic E-state index is -0.792. The summed E-state index contributed by atoms with van der Waals surface area (Å²) in [6.45, 7) is 1.47. The first-order valence-corrected chi connectivity index (χ1v) is 9.64. The molecule has 3 aromatic carbocycles. The van der Waals surface area contributed by atoms with Crippen molar-refractivity contribution < 1.29 is 14.3 Å². The topological polar surface area (TPSA) is 90.3 Å². The van der Waals surface area contributed by atoms with Crippen LogP contribution in [0.1, 0.15) is 16.1 Å². The van der Waals surface area contributed by atoms with Crippen molar-refractivity contribution in [3.8, 4) is 5.69 Å². The van der Waals surface area contributed by atoms with E-state index in [4.69, 9.17) is 4.74 Å². The van der Waals surface area contributed by atoms with Crippen LogP contribution >= 0.6 is 0 Å². The number of amides is 1. The normalized spacial score (nSPS) is 10.6. The van der Waals surface area contributed by atoms with Gasteiger partial charge in [0.15, 0.2) is 12.3 Å². The van der Waals surface area contributed by atoms with E-state index in [1.165, 1.54) is 0 Å². The fourth-order valence-corrected chi connectivity index (χ4v) is 3.12. The number of benzene rings is 3. The van der Waals surface area contributed by atoms with Crippen LogP contribution in [0.3, 0.4) is 0 Å². The van der Waals surface area contributed by atoms with Crippen molar-refractivity contribution in [3.05, 3.63) is 100 Å². The fourth-order valence-electron chi connectivity index (χ4n) is 3.12. The molecule has 0 spiro atoms. The number of fused-ring (bicyclic) bond motifs is 1. The van der Waals surface area contributed by atoms with E-state index in [1.54, 1.807) is 60.7 Å². The van der Waals surface area contributed by atoms with Gasteiger partial charge in [0.1, 0.15) is 0 Å². The highest BCUT2D eigenvalue weighted by molar-refractivity contribution is 6.03. The molecule has 1 heterocycles. The number of esters is 1. The van der Waals surface area contributed by atoms with Gasteiger partial charge in [-0.15, -0.1) is 0 Å². The Morgan fingerprint density at radius 2 is 1.55 bits per heavy atom. The summed E-state index contributed by atoms with van der Waals surface area (Å²) in [5, 5.41) is 7.60. The van der Waals surface area contributed by atoms with Crippen LogP contribution < -0.4 is 10.9 Å². The lowest BCUT2D eigenvalue weighted by Crippen LogP contribution is -2.26. The molecular formula is C24H19N3O4. The van der Waals surface area contributed by atoms with E-state index in [1.807, 2.05) is 25.1 Å². The maximum Gasteiger partial charge on any atom is 0.359 e. The number of ether oxygens (including phenoxy) is 1. The van der Waals surface area contributed by atoms with Crippen molar-refractivity contribution in [1.82, 2.24) is 9.78 Å². The van der Waals surface area contributed by atoms with Gasteiger partial charge in [-0.2, -0.15) is 9.78 Å². The number of nitrogens with zero attached hydrogens (tertiary/aromatic N) is 2. The van der Waals surface area contributed by atoms with Gasteiger partial charge in [-0.25, -0.2) is 4.79 Å². The number of hydrogen-bond donors (Lipinski definition) is 1. The summed E-state index contributed by atoms with van der Waals surface area (Å²) in [6, 6.07) is 22.7. The largest absolute Gasteiger partial charge is 0.451 e. The van der Waals surface area contributed by atoms with Crippen LogP contribution in [0.2, 0.25) is 0 Å². The lowest BCUT2D eigenvalue weighted by molar-refractivity contribution is -0.119. The second kappa shape index (κ2) is 8.62. The second-order valence-corrected chi connectivity index (χ2v) is 6.94. The number of aryl methyl sites for hydroxylation is 1. The predicted molar refractivity (Wildman–Crippen MR) is 117 cm³/mol. The smallest absolute Gasteiger partial charge is 0.359 e. The zero-order chi connectivity index (χ0) is 21.8. The average molecular weight is 413 g/mol. The van der Waals surface area contributed by atoms with E-state index >= 15 is 0 Å². The van der Waals surface area contributed by atoms with Crippen molar-refractivity contribution >= 4 is 28.3 Å². The first-order chi connectivity index (χ1) is 15.0. The standard InChI is InChI=1S/C24H19N3O4/c1-16-11-13-17(14-12-16)25-21(28)15-31-24(30)22-19-9-5-6-10-20(19)23(29)27(26-22)18-7-3-2-4-8-18/h2-14H,15H2,1H3,(H,25,28). The molecule has 0 fully saturated rings. The Balaban J connectivity index is 1.60. The minimum absolute atomic E-state index is 0.0396. The summed E-state index contributed by atoms with van der Waals surface area (Å²) in [5.74, 6) is -1.27. The minimum Gasteiger partial charge on any atom is -0.451 e. The molecule has 0 aliphatic heterocycles. The molecule has 31 heavy (non-hydrogen) atoms. The highest BCUT2D eigenvalue weighted by Gasteiger charge is 2.19. The molecule has 0 atom stereocenters. The zero-order valence-corrected chi connectivity index (χ0v) is 16.7.